The summed E-state index contributed by atoms with van der Waals surface area (Å²) < 4.78 is 28.9. The van der Waals surface area contributed by atoms with Crippen LogP contribution in [0.1, 0.15) is 40.7 Å². The maximum Gasteiger partial charge on any atom is 0.349 e. The third kappa shape index (κ3) is 7.28. The number of aryl methyl sites for hydroxylation is 2. The lowest BCUT2D eigenvalue weighted by molar-refractivity contribution is -0.136. The second kappa shape index (κ2) is 13.9. The van der Waals surface area contributed by atoms with Crippen LogP contribution in [0, 0.1) is 25.2 Å². The van der Waals surface area contributed by atoms with Crippen molar-refractivity contribution in [1.82, 2.24) is 0 Å². The Balaban J connectivity index is 1.37. The first-order valence-electron chi connectivity index (χ1n) is 14.1. The lowest BCUT2D eigenvalue weighted by atomic mass is 9.83. The summed E-state index contributed by atoms with van der Waals surface area (Å²) in [6.07, 6.45) is 0. The van der Waals surface area contributed by atoms with Crippen molar-refractivity contribution in [2.75, 3.05) is 13.2 Å². The van der Waals surface area contributed by atoms with Crippen molar-refractivity contribution in [2.45, 2.75) is 33.3 Å². The SMILES string of the molecule is CCOc1cc(C2C(C#N)=C(N)Oc3cc(OC(=O)COc4ccc(C)c(C)c4)ccc32)ccc1OCc1ccc(Cl)cc1Cl. The fourth-order valence-electron chi connectivity index (χ4n) is 4.83. The normalized spacial score (nSPS) is 13.7. The molecule has 1 aliphatic heterocycles. The van der Waals surface area contributed by atoms with Crippen molar-refractivity contribution in [2.24, 2.45) is 5.73 Å². The molecule has 2 N–H and O–H groups in total. The van der Waals surface area contributed by atoms with E-state index in [1.807, 2.05) is 45.0 Å². The van der Waals surface area contributed by atoms with Crippen molar-refractivity contribution >= 4 is 29.2 Å². The molecule has 0 saturated carbocycles. The zero-order valence-electron chi connectivity index (χ0n) is 24.9. The van der Waals surface area contributed by atoms with Gasteiger partial charge in [0.15, 0.2) is 18.1 Å². The lowest BCUT2D eigenvalue weighted by Crippen LogP contribution is -2.22. The minimum absolute atomic E-state index is 0.0489. The van der Waals surface area contributed by atoms with E-state index in [0.717, 1.165) is 22.3 Å². The number of carbonyl (C=O) groups is 1. The number of hydrogen-bond acceptors (Lipinski definition) is 8. The lowest BCUT2D eigenvalue weighted by Gasteiger charge is -2.27. The molecule has 0 aliphatic carbocycles. The number of hydrogen-bond donors (Lipinski definition) is 1. The largest absolute Gasteiger partial charge is 0.490 e. The van der Waals surface area contributed by atoms with Crippen LogP contribution in [0.15, 0.2) is 84.3 Å². The maximum atomic E-state index is 12.6. The quantitative estimate of drug-likeness (QED) is 0.137. The summed E-state index contributed by atoms with van der Waals surface area (Å²) in [4.78, 5) is 12.6. The van der Waals surface area contributed by atoms with Gasteiger partial charge in [-0.15, -0.1) is 0 Å². The fraction of sp³-hybridized carbons (Fsp3) is 0.200. The van der Waals surface area contributed by atoms with Gasteiger partial charge in [0.2, 0.25) is 5.88 Å². The fourth-order valence-corrected chi connectivity index (χ4v) is 5.30. The predicted molar refractivity (Wildman–Crippen MR) is 171 cm³/mol. The molecule has 0 amide bonds. The van der Waals surface area contributed by atoms with Crippen molar-refractivity contribution < 1.29 is 28.5 Å². The van der Waals surface area contributed by atoms with Gasteiger partial charge in [0.1, 0.15) is 35.5 Å². The van der Waals surface area contributed by atoms with E-state index in [-0.39, 0.29) is 30.4 Å². The average molecular weight is 646 g/mol. The molecule has 0 bridgehead atoms. The molecule has 0 saturated heterocycles. The molecule has 0 aromatic heterocycles. The summed E-state index contributed by atoms with van der Waals surface area (Å²) in [6, 6.07) is 23.3. The molecule has 5 rings (SSSR count). The molecule has 0 radical (unpaired) electrons. The van der Waals surface area contributed by atoms with Crippen molar-refractivity contribution in [3.63, 3.8) is 0 Å². The van der Waals surface area contributed by atoms with Crippen molar-refractivity contribution in [3.8, 4) is 34.8 Å². The summed E-state index contributed by atoms with van der Waals surface area (Å²) >= 11 is 12.3. The Morgan fingerprint density at radius 2 is 1.71 bits per heavy atom. The number of nitrogens with zero attached hydrogens (tertiary/aromatic N) is 1. The molecule has 0 spiro atoms. The topological polar surface area (TPSA) is 113 Å². The predicted octanol–water partition coefficient (Wildman–Crippen LogP) is 7.79. The highest BCUT2D eigenvalue weighted by atomic mass is 35.5. The number of halogens is 2. The van der Waals surface area contributed by atoms with Crippen LogP contribution in [0.3, 0.4) is 0 Å². The first-order valence-corrected chi connectivity index (χ1v) is 14.9. The molecule has 230 valence electrons. The smallest absolute Gasteiger partial charge is 0.349 e. The molecular weight excluding hydrogens is 615 g/mol. The van der Waals surface area contributed by atoms with Gasteiger partial charge in [0, 0.05) is 27.2 Å². The Morgan fingerprint density at radius 3 is 2.44 bits per heavy atom. The Morgan fingerprint density at radius 1 is 0.911 bits per heavy atom. The number of nitriles is 1. The number of fused-ring (bicyclic) bond motifs is 1. The zero-order valence-corrected chi connectivity index (χ0v) is 26.4. The molecule has 1 atom stereocenters. The monoisotopic (exact) mass is 644 g/mol. The van der Waals surface area contributed by atoms with Crippen LogP contribution in [-0.4, -0.2) is 19.2 Å². The summed E-state index contributed by atoms with van der Waals surface area (Å²) in [5.74, 6) is 0.950. The van der Waals surface area contributed by atoms with Crippen LogP contribution in [0.5, 0.6) is 28.7 Å². The number of rotatable bonds is 10. The van der Waals surface area contributed by atoms with E-state index in [4.69, 9.17) is 52.6 Å². The van der Waals surface area contributed by atoms with Gasteiger partial charge in [-0.2, -0.15) is 5.26 Å². The van der Waals surface area contributed by atoms with Gasteiger partial charge in [0.05, 0.1) is 12.5 Å². The molecule has 10 heteroatoms. The Labute approximate surface area is 271 Å². The van der Waals surface area contributed by atoms with Gasteiger partial charge < -0.3 is 29.4 Å². The molecule has 0 fully saturated rings. The molecule has 1 unspecified atom stereocenters. The highest BCUT2D eigenvalue weighted by Crippen LogP contribution is 2.45. The van der Waals surface area contributed by atoms with Gasteiger partial charge in [-0.3, -0.25) is 0 Å². The minimum Gasteiger partial charge on any atom is -0.490 e. The van der Waals surface area contributed by atoms with E-state index in [0.29, 0.717) is 45.2 Å². The first-order chi connectivity index (χ1) is 21.7. The molecule has 1 aliphatic rings. The first kappa shape index (κ1) is 31.6. The van der Waals surface area contributed by atoms with Crippen molar-refractivity contribution in [1.29, 1.82) is 5.26 Å². The average Bonchev–Trinajstić information content (AvgIpc) is 3.01. The van der Waals surface area contributed by atoms with E-state index in [2.05, 4.69) is 6.07 Å². The van der Waals surface area contributed by atoms with Crippen LogP contribution >= 0.6 is 23.2 Å². The maximum absolute atomic E-state index is 12.6. The number of allylic oxidation sites excluding steroid dienone is 1. The molecule has 4 aromatic carbocycles. The van der Waals surface area contributed by atoms with Crippen LogP contribution < -0.4 is 29.4 Å². The summed E-state index contributed by atoms with van der Waals surface area (Å²) in [6.45, 7) is 6.14. The van der Waals surface area contributed by atoms with Gasteiger partial charge in [0.25, 0.3) is 0 Å². The van der Waals surface area contributed by atoms with Crippen LogP contribution in [0.4, 0.5) is 0 Å². The van der Waals surface area contributed by atoms with Gasteiger partial charge >= 0.3 is 5.97 Å². The van der Waals surface area contributed by atoms with Crippen LogP contribution in [0.2, 0.25) is 10.0 Å². The van der Waals surface area contributed by atoms with Gasteiger partial charge in [-0.1, -0.05) is 47.5 Å². The number of benzene rings is 4. The van der Waals surface area contributed by atoms with E-state index in [1.54, 1.807) is 48.5 Å². The number of nitrogens with two attached hydrogens (primary N) is 1. The van der Waals surface area contributed by atoms with Crippen LogP contribution in [0.25, 0.3) is 0 Å². The third-order valence-electron chi connectivity index (χ3n) is 7.26. The Bertz CT molecular complexity index is 1830. The number of carbonyl (C=O) groups excluding carboxylic acids is 1. The van der Waals surface area contributed by atoms with Gasteiger partial charge in [-0.05, 0) is 79.9 Å². The highest BCUT2D eigenvalue weighted by molar-refractivity contribution is 6.35. The second-order valence-electron chi connectivity index (χ2n) is 10.3. The van der Waals surface area contributed by atoms with Crippen molar-refractivity contribution in [3.05, 3.63) is 122 Å². The number of esters is 1. The minimum atomic E-state index is -0.585. The molecule has 45 heavy (non-hydrogen) atoms. The molecule has 1 heterocycles. The summed E-state index contributed by atoms with van der Waals surface area (Å²) in [5.41, 5.74) is 10.8. The highest BCUT2D eigenvalue weighted by Gasteiger charge is 2.32. The van der Waals surface area contributed by atoms with Crippen LogP contribution in [-0.2, 0) is 11.4 Å². The zero-order chi connectivity index (χ0) is 32.1. The third-order valence-corrected chi connectivity index (χ3v) is 7.84. The Kier molecular flexibility index (Phi) is 9.72. The van der Waals surface area contributed by atoms with E-state index < -0.39 is 11.9 Å². The molecular formula is C35H30Cl2N2O6. The van der Waals surface area contributed by atoms with E-state index in [1.165, 1.54) is 0 Å². The molecule has 8 nitrogen and oxygen atoms in total. The molecule has 4 aromatic rings. The summed E-state index contributed by atoms with van der Waals surface area (Å²) in [7, 11) is 0. The second-order valence-corrected chi connectivity index (χ2v) is 11.1. The van der Waals surface area contributed by atoms with E-state index >= 15 is 0 Å². The van der Waals surface area contributed by atoms with E-state index in [9.17, 15) is 10.1 Å². The Hall–Kier alpha value is -4.84. The standard InChI is InChI=1S/C35H30Cl2N2O6/c1-4-41-32-14-22(7-12-30(32)43-18-23-6-8-24(36)15-29(23)37)34-27-11-10-26(16-31(27)45-35(39)28(34)17-38)44-33(40)19-42-25-9-5-20(2)21(3)13-25/h5-16,34H,4,18-19,39H2,1-3H3. The number of ether oxygens (including phenoxy) is 5. The summed E-state index contributed by atoms with van der Waals surface area (Å²) in [5, 5.41) is 11.1. The van der Waals surface area contributed by atoms with Gasteiger partial charge in [-0.25, -0.2) is 4.79 Å².